The first kappa shape index (κ1) is 29.3. The molecule has 4 nitrogen and oxygen atoms in total. The zero-order chi connectivity index (χ0) is 11.2. The molecule has 0 heterocycles. The molecule has 0 aromatic heterocycles. The van der Waals surface area contributed by atoms with Crippen molar-refractivity contribution < 1.29 is 10.2 Å². The van der Waals surface area contributed by atoms with Gasteiger partial charge in [0.25, 0.3) is 10.3 Å². The molecule has 6 N–H and O–H groups in total. The fourth-order valence-corrected chi connectivity index (χ4v) is 0. The lowest BCUT2D eigenvalue weighted by atomic mass is 11.0. The first-order valence-corrected chi connectivity index (χ1v) is 4.25. The minimum absolute atomic E-state index is 0. The summed E-state index contributed by atoms with van der Waals surface area (Å²) in [6.45, 7) is 8.00. The molecule has 0 spiro atoms. The van der Waals surface area contributed by atoms with E-state index in [1.54, 1.807) is 0 Å². The fraction of sp³-hybridized carbons (Fsp3) is 0.667. The Morgan fingerprint density at radius 1 is 0.846 bits per heavy atom. The molecular weight excluding hydrogens is 232 g/mol. The van der Waals surface area contributed by atoms with Gasteiger partial charge in [-0.05, 0) is 24.4 Å². The van der Waals surface area contributed by atoms with E-state index >= 15 is 0 Å². The van der Waals surface area contributed by atoms with Crippen LogP contribution in [-0.2, 0) is 0 Å². The smallest absolute Gasteiger partial charge is 0.251 e. The Balaban J connectivity index is -0.0000000226. The summed E-state index contributed by atoms with van der Waals surface area (Å²) in [6, 6.07) is 0. The minimum atomic E-state index is -0.500. The molecule has 0 saturated carbocycles. The Kier molecular flexibility index (Phi) is 93.2. The molecule has 84 valence electrons. The summed E-state index contributed by atoms with van der Waals surface area (Å²) in [5, 5.41) is 14.1. The third-order valence-electron chi connectivity index (χ3n) is 0. The SMILES string of the molecule is CC.CC.Cl.NC(O)=S.NC(O)=S. The second-order valence-electron chi connectivity index (χ2n) is 0.676. The highest BCUT2D eigenvalue weighted by Crippen LogP contribution is 1.40. The van der Waals surface area contributed by atoms with E-state index in [9.17, 15) is 0 Å². The summed E-state index contributed by atoms with van der Waals surface area (Å²) in [6.07, 6.45) is 0. The third kappa shape index (κ3) is 10000. The van der Waals surface area contributed by atoms with Crippen LogP contribution in [0.4, 0.5) is 0 Å². The predicted molar refractivity (Wildman–Crippen MR) is 68.8 cm³/mol. The Morgan fingerprint density at radius 2 is 0.846 bits per heavy atom. The molecule has 0 rings (SSSR count). The minimum Gasteiger partial charge on any atom is -0.487 e. The molecular formula is C6H19ClN2O2S2. The van der Waals surface area contributed by atoms with E-state index < -0.39 is 10.3 Å². The highest BCUT2D eigenvalue weighted by atomic mass is 35.5. The number of rotatable bonds is 0. The van der Waals surface area contributed by atoms with Crippen LogP contribution in [0.2, 0.25) is 0 Å². The van der Waals surface area contributed by atoms with Crippen molar-refractivity contribution in [2.45, 2.75) is 27.7 Å². The Labute approximate surface area is 96.7 Å². The maximum Gasteiger partial charge on any atom is 0.251 e. The zero-order valence-electron chi connectivity index (χ0n) is 8.27. The van der Waals surface area contributed by atoms with Crippen molar-refractivity contribution in [3.63, 3.8) is 0 Å². The van der Waals surface area contributed by atoms with Crippen LogP contribution < -0.4 is 11.5 Å². The Morgan fingerprint density at radius 3 is 0.846 bits per heavy atom. The quantitative estimate of drug-likeness (QED) is 0.492. The van der Waals surface area contributed by atoms with Crippen LogP contribution in [0.5, 0.6) is 0 Å². The van der Waals surface area contributed by atoms with E-state index in [0.717, 1.165) is 0 Å². The van der Waals surface area contributed by atoms with Gasteiger partial charge in [0, 0.05) is 0 Å². The number of thiocarbonyl (C=S) groups is 2. The van der Waals surface area contributed by atoms with Gasteiger partial charge in [-0.2, -0.15) is 0 Å². The molecule has 0 bridgehead atoms. The number of hydrogen-bond donors (Lipinski definition) is 4. The second-order valence-corrected chi connectivity index (χ2v) is 1.51. The number of aliphatic hydroxyl groups excluding tert-OH is 2. The molecule has 7 heteroatoms. The molecule has 0 unspecified atom stereocenters. The first-order chi connectivity index (χ1) is 5.46. The van der Waals surface area contributed by atoms with Gasteiger partial charge in [-0.3, -0.25) is 0 Å². The normalized spacial score (nSPS) is 4.62. The van der Waals surface area contributed by atoms with Crippen LogP contribution in [0.1, 0.15) is 27.7 Å². The molecule has 0 saturated heterocycles. The van der Waals surface area contributed by atoms with E-state index in [0.29, 0.717) is 0 Å². The lowest BCUT2D eigenvalue weighted by molar-refractivity contribution is 0.559. The van der Waals surface area contributed by atoms with Crippen LogP contribution in [0.25, 0.3) is 0 Å². The summed E-state index contributed by atoms with van der Waals surface area (Å²) < 4.78 is 0. The van der Waals surface area contributed by atoms with E-state index in [4.69, 9.17) is 10.2 Å². The molecule has 0 fully saturated rings. The van der Waals surface area contributed by atoms with Crippen LogP contribution in [-0.4, -0.2) is 20.6 Å². The van der Waals surface area contributed by atoms with Gasteiger partial charge in [0.2, 0.25) is 0 Å². The number of hydrogen-bond acceptors (Lipinski definition) is 2. The van der Waals surface area contributed by atoms with E-state index in [-0.39, 0.29) is 12.4 Å². The van der Waals surface area contributed by atoms with Crippen LogP contribution >= 0.6 is 36.8 Å². The highest BCUT2D eigenvalue weighted by molar-refractivity contribution is 7.80. The van der Waals surface area contributed by atoms with Gasteiger partial charge >= 0.3 is 0 Å². The summed E-state index contributed by atoms with van der Waals surface area (Å²) in [5.74, 6) is 0. The van der Waals surface area contributed by atoms with Gasteiger partial charge in [0.1, 0.15) is 0 Å². The lowest BCUT2D eigenvalue weighted by Gasteiger charge is -1.67. The first-order valence-electron chi connectivity index (χ1n) is 3.43. The van der Waals surface area contributed by atoms with Crippen molar-refractivity contribution >= 4 is 47.2 Å². The number of aliphatic hydroxyl groups is 2. The topological polar surface area (TPSA) is 92.5 Å². The maximum atomic E-state index is 7.56. The fourth-order valence-electron chi connectivity index (χ4n) is 0. The van der Waals surface area contributed by atoms with Crippen molar-refractivity contribution in [2.75, 3.05) is 0 Å². The molecule has 0 atom stereocenters. The molecule has 0 amide bonds. The zero-order valence-corrected chi connectivity index (χ0v) is 10.7. The monoisotopic (exact) mass is 250 g/mol. The molecule has 0 aromatic rings. The van der Waals surface area contributed by atoms with Crippen molar-refractivity contribution in [2.24, 2.45) is 11.5 Å². The van der Waals surface area contributed by atoms with Crippen LogP contribution in [0.3, 0.4) is 0 Å². The lowest BCUT2D eigenvalue weighted by Crippen LogP contribution is -2.03. The summed E-state index contributed by atoms with van der Waals surface area (Å²) in [7, 11) is 0. The van der Waals surface area contributed by atoms with Crippen molar-refractivity contribution in [3.05, 3.63) is 0 Å². The third-order valence-corrected chi connectivity index (χ3v) is 0. The number of nitrogens with two attached hydrogens (primary N) is 2. The van der Waals surface area contributed by atoms with Crippen molar-refractivity contribution in [3.8, 4) is 0 Å². The van der Waals surface area contributed by atoms with E-state index in [1.165, 1.54) is 0 Å². The second kappa shape index (κ2) is 41.3. The largest absolute Gasteiger partial charge is 0.487 e. The Bertz CT molecular complexity index is 84.6. The van der Waals surface area contributed by atoms with E-state index in [1.807, 2.05) is 27.7 Å². The summed E-state index contributed by atoms with van der Waals surface area (Å²) in [4.78, 5) is 0. The standard InChI is InChI=1S/2C2H6.2CH3NOS.ClH/c2*1-2;2*2-1(3)4;/h2*1-2H3;2*(H3,2,3,4);1H. The molecule has 0 radical (unpaired) electrons. The highest BCUT2D eigenvalue weighted by Gasteiger charge is 1.57. The number of halogens is 1. The summed E-state index contributed by atoms with van der Waals surface area (Å²) >= 11 is 7.74. The van der Waals surface area contributed by atoms with Gasteiger partial charge < -0.3 is 21.7 Å². The van der Waals surface area contributed by atoms with Crippen molar-refractivity contribution in [1.29, 1.82) is 0 Å². The molecule has 0 aliphatic heterocycles. The van der Waals surface area contributed by atoms with Gasteiger partial charge in [0.15, 0.2) is 0 Å². The van der Waals surface area contributed by atoms with Crippen LogP contribution in [0, 0.1) is 0 Å². The molecule has 0 aliphatic rings. The Hall–Kier alpha value is -0.330. The average Bonchev–Trinajstić information content (AvgIpc) is 1.93. The van der Waals surface area contributed by atoms with Gasteiger partial charge in [0.05, 0.1) is 0 Å². The van der Waals surface area contributed by atoms with Gasteiger partial charge in [-0.15, -0.1) is 12.4 Å². The average molecular weight is 251 g/mol. The maximum absolute atomic E-state index is 7.56. The van der Waals surface area contributed by atoms with Gasteiger partial charge in [-0.1, -0.05) is 27.7 Å². The van der Waals surface area contributed by atoms with Crippen LogP contribution in [0.15, 0.2) is 0 Å². The molecule has 13 heavy (non-hydrogen) atoms. The molecule has 0 aromatic carbocycles. The molecule has 0 aliphatic carbocycles. The summed E-state index contributed by atoms with van der Waals surface area (Å²) in [5.41, 5.74) is 8.80. The van der Waals surface area contributed by atoms with Gasteiger partial charge in [-0.25, -0.2) is 0 Å². The van der Waals surface area contributed by atoms with Crippen molar-refractivity contribution in [1.82, 2.24) is 0 Å². The predicted octanol–water partition coefficient (Wildman–Crippen LogP) is 2.05. The van der Waals surface area contributed by atoms with E-state index in [2.05, 4.69) is 35.9 Å².